The average Bonchev–Trinajstić information content (AvgIpc) is 3.75. The van der Waals surface area contributed by atoms with E-state index in [0.717, 1.165) is 38.2 Å². The molecule has 5 heterocycles. The van der Waals surface area contributed by atoms with Crippen molar-refractivity contribution in [2.45, 2.75) is 44.9 Å². The minimum atomic E-state index is -0.850. The van der Waals surface area contributed by atoms with Crippen LogP contribution in [0.3, 0.4) is 0 Å². The second kappa shape index (κ2) is 13.6. The number of tetrazole rings is 1. The molecular formula is C27H36N8O5. The number of amides is 2. The van der Waals surface area contributed by atoms with Gasteiger partial charge >= 0.3 is 0 Å². The Balaban J connectivity index is 1.35. The Morgan fingerprint density at radius 2 is 1.98 bits per heavy atom. The smallest absolute Gasteiger partial charge is 0.247 e. The van der Waals surface area contributed by atoms with Crippen molar-refractivity contribution in [2.75, 3.05) is 52.5 Å². The van der Waals surface area contributed by atoms with E-state index >= 15 is 0 Å². The number of nitrogens with zero attached hydrogens (tertiary/aromatic N) is 7. The second-order valence-corrected chi connectivity index (χ2v) is 10.0. The molecule has 0 aromatic carbocycles. The molecule has 3 aromatic rings. The number of carbonyl (C=O) groups excluding carboxylic acids is 2. The quantitative estimate of drug-likeness (QED) is 0.349. The van der Waals surface area contributed by atoms with E-state index in [2.05, 4.69) is 30.6 Å². The first kappa shape index (κ1) is 27.9. The summed E-state index contributed by atoms with van der Waals surface area (Å²) in [6.07, 6.45) is 5.80. The van der Waals surface area contributed by atoms with E-state index in [9.17, 15) is 9.59 Å². The van der Waals surface area contributed by atoms with Gasteiger partial charge in [0, 0.05) is 51.7 Å². The molecule has 2 fully saturated rings. The van der Waals surface area contributed by atoms with Crippen molar-refractivity contribution in [1.82, 2.24) is 40.3 Å². The number of morpholine rings is 1. The van der Waals surface area contributed by atoms with Crippen LogP contribution in [0, 0.1) is 6.92 Å². The molecule has 0 unspecified atom stereocenters. The van der Waals surface area contributed by atoms with E-state index in [4.69, 9.17) is 13.9 Å². The third-order valence-corrected chi connectivity index (χ3v) is 7.10. The van der Waals surface area contributed by atoms with Crippen LogP contribution in [0.4, 0.5) is 0 Å². The molecule has 13 heteroatoms. The number of hydrogen-bond acceptors (Lipinski definition) is 10. The summed E-state index contributed by atoms with van der Waals surface area (Å²) in [5, 5.41) is 15.5. The largest absolute Gasteiger partial charge is 0.458 e. The number of aromatic nitrogens is 5. The number of hydrogen-bond donors (Lipinski definition) is 1. The van der Waals surface area contributed by atoms with Crippen molar-refractivity contribution in [3.8, 4) is 11.6 Å². The molecule has 1 N–H and O–H groups in total. The fourth-order valence-corrected chi connectivity index (χ4v) is 5.00. The highest BCUT2D eigenvalue weighted by atomic mass is 16.5. The molecule has 2 amide bonds. The van der Waals surface area contributed by atoms with Gasteiger partial charge in [0.1, 0.15) is 18.3 Å². The molecule has 5 rings (SSSR count). The van der Waals surface area contributed by atoms with Crippen molar-refractivity contribution in [3.63, 3.8) is 0 Å². The van der Waals surface area contributed by atoms with Crippen LogP contribution in [0.1, 0.15) is 36.6 Å². The third kappa shape index (κ3) is 7.29. The van der Waals surface area contributed by atoms with E-state index in [0.29, 0.717) is 56.5 Å². The number of carbonyl (C=O) groups is 2. The lowest BCUT2D eigenvalue weighted by Gasteiger charge is -2.33. The minimum absolute atomic E-state index is 0.0180. The van der Waals surface area contributed by atoms with Crippen LogP contribution in [0.5, 0.6) is 0 Å². The van der Waals surface area contributed by atoms with E-state index in [1.165, 1.54) is 4.80 Å². The van der Waals surface area contributed by atoms with Crippen molar-refractivity contribution >= 4 is 11.8 Å². The Bertz CT molecular complexity index is 1240. The van der Waals surface area contributed by atoms with E-state index < -0.39 is 6.04 Å². The zero-order valence-corrected chi connectivity index (χ0v) is 22.8. The molecule has 0 aliphatic carbocycles. The summed E-state index contributed by atoms with van der Waals surface area (Å²) < 4.78 is 16.7. The molecule has 40 heavy (non-hydrogen) atoms. The topological polar surface area (TPSA) is 141 Å². The van der Waals surface area contributed by atoms with Crippen molar-refractivity contribution in [2.24, 2.45) is 0 Å². The maximum atomic E-state index is 13.8. The van der Waals surface area contributed by atoms with Gasteiger partial charge in [0.2, 0.25) is 17.6 Å². The molecule has 0 bridgehead atoms. The summed E-state index contributed by atoms with van der Waals surface area (Å²) in [5.41, 5.74) is 0.679. The molecule has 0 radical (unpaired) electrons. The first-order valence-corrected chi connectivity index (χ1v) is 13.8. The Morgan fingerprint density at radius 3 is 2.70 bits per heavy atom. The molecule has 3 aromatic heterocycles. The molecule has 214 valence electrons. The second-order valence-electron chi connectivity index (χ2n) is 10.0. The Kier molecular flexibility index (Phi) is 9.47. The van der Waals surface area contributed by atoms with Gasteiger partial charge in [0.15, 0.2) is 5.76 Å². The Hall–Kier alpha value is -3.68. The minimum Gasteiger partial charge on any atom is -0.458 e. The van der Waals surface area contributed by atoms with Gasteiger partial charge in [0.25, 0.3) is 0 Å². The van der Waals surface area contributed by atoms with Crippen LogP contribution in [0.2, 0.25) is 0 Å². The number of nitrogens with one attached hydrogen (secondary N) is 1. The lowest BCUT2D eigenvalue weighted by atomic mass is 10.0. The SMILES string of the molecule is Cc1ccc(-c2nnn(CC(=O)N(CCCN3CCOCC3)[C@@H](C(=O)NC[C@@H]3CCCO3)c3ccncc3)n2)o1. The van der Waals surface area contributed by atoms with Gasteiger partial charge in [-0.3, -0.25) is 19.5 Å². The first-order chi connectivity index (χ1) is 19.6. The lowest BCUT2D eigenvalue weighted by Crippen LogP contribution is -2.47. The molecule has 2 saturated heterocycles. The first-order valence-electron chi connectivity index (χ1n) is 13.8. The number of aryl methyl sites for hydroxylation is 1. The summed E-state index contributed by atoms with van der Waals surface area (Å²) in [5.74, 6) is 0.930. The van der Waals surface area contributed by atoms with Crippen LogP contribution in [-0.4, -0.2) is 105 Å². The molecule has 2 aliphatic rings. The fourth-order valence-electron chi connectivity index (χ4n) is 5.00. The molecule has 2 atom stereocenters. The van der Waals surface area contributed by atoms with Crippen molar-refractivity contribution < 1.29 is 23.5 Å². The van der Waals surface area contributed by atoms with Crippen LogP contribution in [-0.2, 0) is 25.6 Å². The van der Waals surface area contributed by atoms with Gasteiger partial charge in [-0.15, -0.1) is 10.2 Å². The molecule has 13 nitrogen and oxygen atoms in total. The lowest BCUT2D eigenvalue weighted by molar-refractivity contribution is -0.142. The van der Waals surface area contributed by atoms with E-state index in [1.807, 2.05) is 13.0 Å². The highest BCUT2D eigenvalue weighted by molar-refractivity contribution is 5.88. The van der Waals surface area contributed by atoms with Gasteiger partial charge in [0.05, 0.1) is 19.3 Å². The van der Waals surface area contributed by atoms with Crippen LogP contribution >= 0.6 is 0 Å². The van der Waals surface area contributed by atoms with Crippen LogP contribution in [0.25, 0.3) is 11.6 Å². The summed E-state index contributed by atoms with van der Waals surface area (Å²) in [6, 6.07) is 6.25. The van der Waals surface area contributed by atoms with Crippen molar-refractivity contribution in [3.05, 3.63) is 48.0 Å². The maximum absolute atomic E-state index is 13.8. The Labute approximate surface area is 232 Å². The number of furan rings is 1. The highest BCUT2D eigenvalue weighted by Crippen LogP contribution is 2.23. The summed E-state index contributed by atoms with van der Waals surface area (Å²) in [6.45, 7) is 7.00. The predicted octanol–water partition coefficient (Wildman–Crippen LogP) is 1.22. The maximum Gasteiger partial charge on any atom is 0.247 e. The summed E-state index contributed by atoms with van der Waals surface area (Å²) in [7, 11) is 0. The highest BCUT2D eigenvalue weighted by Gasteiger charge is 2.32. The zero-order valence-electron chi connectivity index (χ0n) is 22.8. The molecular weight excluding hydrogens is 516 g/mol. The van der Waals surface area contributed by atoms with Crippen molar-refractivity contribution in [1.29, 1.82) is 0 Å². The van der Waals surface area contributed by atoms with E-state index in [1.54, 1.807) is 35.5 Å². The van der Waals surface area contributed by atoms with E-state index in [-0.39, 0.29) is 24.5 Å². The normalized spacial score (nSPS) is 18.5. The molecule has 0 spiro atoms. The fraction of sp³-hybridized carbons (Fsp3) is 0.556. The number of pyridine rings is 1. The van der Waals surface area contributed by atoms with Crippen LogP contribution < -0.4 is 5.32 Å². The monoisotopic (exact) mass is 552 g/mol. The predicted molar refractivity (Wildman–Crippen MR) is 143 cm³/mol. The summed E-state index contributed by atoms with van der Waals surface area (Å²) >= 11 is 0. The third-order valence-electron chi connectivity index (χ3n) is 7.10. The van der Waals surface area contributed by atoms with Crippen LogP contribution in [0.15, 0.2) is 41.1 Å². The van der Waals surface area contributed by atoms with Gasteiger partial charge in [-0.25, -0.2) is 0 Å². The molecule has 0 saturated carbocycles. The van der Waals surface area contributed by atoms with Gasteiger partial charge in [-0.1, -0.05) is 0 Å². The Morgan fingerprint density at radius 1 is 1.15 bits per heavy atom. The molecule has 2 aliphatic heterocycles. The van der Waals surface area contributed by atoms with Gasteiger partial charge in [-0.2, -0.15) is 4.80 Å². The standard InChI is InChI=1S/C27H36N8O5/c1-20-5-6-23(40-20)26-30-32-35(31-26)19-24(36)34(12-3-11-33-13-16-38-17-14-33)25(21-7-9-28-10-8-21)27(37)29-18-22-4-2-15-39-22/h5-10,22,25H,2-4,11-19H2,1H3,(H,29,37)/t22-,25+/m0/s1. The summed E-state index contributed by atoms with van der Waals surface area (Å²) in [4.78, 5) is 36.8. The number of ether oxygens (including phenoxy) is 2. The average molecular weight is 553 g/mol. The zero-order chi connectivity index (χ0) is 27.7. The van der Waals surface area contributed by atoms with Gasteiger partial charge < -0.3 is 24.1 Å². The number of rotatable bonds is 12. The van der Waals surface area contributed by atoms with Gasteiger partial charge in [-0.05, 0) is 61.2 Å².